The molecule has 0 bridgehead atoms. The van der Waals surface area contributed by atoms with Crippen LogP contribution in [-0.2, 0) is 4.74 Å². The summed E-state index contributed by atoms with van der Waals surface area (Å²) in [6, 6.07) is 13.2. The van der Waals surface area contributed by atoms with Crippen molar-refractivity contribution in [3.8, 4) is 10.4 Å². The van der Waals surface area contributed by atoms with Gasteiger partial charge in [-0.15, -0.1) is 16.4 Å². The Kier molecular flexibility index (Phi) is 5.28. The molecule has 0 saturated heterocycles. The highest BCUT2D eigenvalue weighted by molar-refractivity contribution is 7.20. The van der Waals surface area contributed by atoms with Gasteiger partial charge in [0.15, 0.2) is 0 Å². The van der Waals surface area contributed by atoms with E-state index in [1.807, 2.05) is 50.2 Å². The van der Waals surface area contributed by atoms with E-state index < -0.39 is 11.9 Å². The molecule has 0 saturated carbocycles. The number of aromatic nitrogens is 4. The maximum Gasteiger partial charge on any atom is 0.341 e. The van der Waals surface area contributed by atoms with Crippen molar-refractivity contribution < 1.29 is 14.3 Å². The molecule has 0 aliphatic carbocycles. The Balaban J connectivity index is 1.69. The van der Waals surface area contributed by atoms with Crippen molar-refractivity contribution >= 4 is 34.0 Å². The molecule has 30 heavy (non-hydrogen) atoms. The van der Waals surface area contributed by atoms with Crippen LogP contribution in [0.3, 0.4) is 0 Å². The Hall–Kier alpha value is -3.59. The summed E-state index contributed by atoms with van der Waals surface area (Å²) >= 11 is 1.29. The van der Waals surface area contributed by atoms with Gasteiger partial charge in [0.25, 0.3) is 11.7 Å². The molecule has 0 aliphatic heterocycles. The van der Waals surface area contributed by atoms with Gasteiger partial charge in [-0.25, -0.2) is 14.3 Å². The first-order valence-electron chi connectivity index (χ1n) is 9.35. The topological polar surface area (TPSA) is 98.5 Å². The first-order chi connectivity index (χ1) is 14.5. The number of fused-ring (bicyclic) bond motifs is 1. The molecule has 152 valence electrons. The lowest BCUT2D eigenvalue weighted by Crippen LogP contribution is -2.15. The first kappa shape index (κ1) is 19.7. The normalized spacial score (nSPS) is 10.9. The fraction of sp³-hybridized carbons (Fsp3) is 0.190. The lowest BCUT2D eigenvalue weighted by Gasteiger charge is -2.04. The van der Waals surface area contributed by atoms with Crippen LogP contribution in [-0.4, -0.2) is 38.1 Å². The van der Waals surface area contributed by atoms with E-state index in [-0.39, 0.29) is 12.4 Å². The van der Waals surface area contributed by atoms with Crippen LogP contribution >= 0.6 is 11.3 Å². The summed E-state index contributed by atoms with van der Waals surface area (Å²) in [7, 11) is 0. The van der Waals surface area contributed by atoms with Crippen LogP contribution in [0.5, 0.6) is 0 Å². The molecule has 3 aromatic heterocycles. The third-order valence-corrected chi connectivity index (χ3v) is 5.43. The largest absolute Gasteiger partial charge is 0.462 e. The number of carbonyl (C=O) groups is 2. The number of aryl methyl sites for hydroxylation is 2. The highest BCUT2D eigenvalue weighted by Crippen LogP contribution is 2.36. The molecule has 1 N–H and O–H groups in total. The molecule has 0 radical (unpaired) electrons. The van der Waals surface area contributed by atoms with E-state index in [1.165, 1.54) is 15.9 Å². The van der Waals surface area contributed by atoms with Gasteiger partial charge in [-0.05, 0) is 38.5 Å². The van der Waals surface area contributed by atoms with Gasteiger partial charge in [-0.2, -0.15) is 4.98 Å². The Morgan fingerprint density at radius 1 is 1.13 bits per heavy atom. The van der Waals surface area contributed by atoms with Gasteiger partial charge in [-0.3, -0.25) is 4.79 Å². The minimum Gasteiger partial charge on any atom is -0.462 e. The average molecular weight is 421 g/mol. The zero-order chi connectivity index (χ0) is 21.3. The minimum absolute atomic E-state index is 0.0272. The van der Waals surface area contributed by atoms with Crippen LogP contribution in [0, 0.1) is 13.8 Å². The molecule has 4 aromatic rings. The van der Waals surface area contributed by atoms with Crippen molar-refractivity contribution in [3.05, 3.63) is 65.2 Å². The van der Waals surface area contributed by atoms with E-state index in [0.29, 0.717) is 16.3 Å². The van der Waals surface area contributed by atoms with Crippen LogP contribution in [0.15, 0.2) is 42.5 Å². The number of hydrogen-bond donors (Lipinski definition) is 1. The molecule has 1 amide bonds. The molecular weight excluding hydrogens is 402 g/mol. The standard InChI is InChI=1S/C21H19N5O3S/c1-4-29-20(28)15-11-16(14-8-6-5-7-9-14)30-19(15)24-18(27)17-23-21-22-12(2)10-13(3)26(21)25-17/h5-11H,4H2,1-3H3,(H,24,27). The van der Waals surface area contributed by atoms with Crippen molar-refractivity contribution in [2.45, 2.75) is 20.8 Å². The molecular formula is C21H19N5O3S. The average Bonchev–Trinajstić information content (AvgIpc) is 3.33. The molecule has 0 atom stereocenters. The van der Waals surface area contributed by atoms with Crippen LogP contribution < -0.4 is 5.32 Å². The third kappa shape index (κ3) is 3.79. The van der Waals surface area contributed by atoms with Gasteiger partial charge < -0.3 is 10.1 Å². The SMILES string of the molecule is CCOC(=O)c1cc(-c2ccccc2)sc1NC(=O)c1nc2nc(C)cc(C)n2n1. The molecule has 0 unspecified atom stereocenters. The molecule has 3 heterocycles. The predicted octanol–water partition coefficient (Wildman–Crippen LogP) is 3.90. The third-order valence-electron chi connectivity index (χ3n) is 4.33. The van der Waals surface area contributed by atoms with E-state index >= 15 is 0 Å². The van der Waals surface area contributed by atoms with Crippen LogP contribution in [0.2, 0.25) is 0 Å². The Bertz CT molecular complexity index is 1250. The van der Waals surface area contributed by atoms with E-state index in [9.17, 15) is 9.59 Å². The molecule has 0 aliphatic rings. The number of anilines is 1. The number of amides is 1. The van der Waals surface area contributed by atoms with Gasteiger partial charge in [0.2, 0.25) is 5.82 Å². The summed E-state index contributed by atoms with van der Waals surface area (Å²) in [5, 5.41) is 7.39. The summed E-state index contributed by atoms with van der Waals surface area (Å²) in [4.78, 5) is 34.6. The van der Waals surface area contributed by atoms with Crippen LogP contribution in [0.25, 0.3) is 16.2 Å². The zero-order valence-electron chi connectivity index (χ0n) is 16.7. The lowest BCUT2D eigenvalue weighted by molar-refractivity contribution is 0.0528. The number of benzene rings is 1. The Morgan fingerprint density at radius 2 is 1.90 bits per heavy atom. The summed E-state index contributed by atoms with van der Waals surface area (Å²) in [5.41, 5.74) is 2.84. The highest BCUT2D eigenvalue weighted by atomic mass is 32.1. The highest BCUT2D eigenvalue weighted by Gasteiger charge is 2.22. The molecule has 9 heteroatoms. The first-order valence-corrected chi connectivity index (χ1v) is 10.2. The monoisotopic (exact) mass is 421 g/mol. The van der Waals surface area contributed by atoms with Crippen molar-refractivity contribution in [1.29, 1.82) is 0 Å². The number of rotatable bonds is 5. The van der Waals surface area contributed by atoms with Gasteiger partial charge in [0, 0.05) is 16.3 Å². The van der Waals surface area contributed by atoms with E-state index in [0.717, 1.165) is 21.8 Å². The maximum absolute atomic E-state index is 12.8. The van der Waals surface area contributed by atoms with Crippen molar-refractivity contribution in [1.82, 2.24) is 19.6 Å². The van der Waals surface area contributed by atoms with E-state index in [2.05, 4.69) is 20.4 Å². The molecule has 1 aromatic carbocycles. The Morgan fingerprint density at radius 3 is 2.63 bits per heavy atom. The number of carbonyl (C=O) groups excluding carboxylic acids is 2. The second kappa shape index (κ2) is 8.03. The number of ether oxygens (including phenoxy) is 1. The van der Waals surface area contributed by atoms with Gasteiger partial charge >= 0.3 is 5.97 Å². The summed E-state index contributed by atoms with van der Waals surface area (Å²) < 4.78 is 6.66. The minimum atomic E-state index is -0.524. The van der Waals surface area contributed by atoms with Gasteiger partial charge in [0.1, 0.15) is 5.00 Å². The van der Waals surface area contributed by atoms with E-state index in [1.54, 1.807) is 13.0 Å². The van der Waals surface area contributed by atoms with Crippen molar-refractivity contribution in [2.75, 3.05) is 11.9 Å². The zero-order valence-corrected chi connectivity index (χ0v) is 17.5. The van der Waals surface area contributed by atoms with Crippen LogP contribution in [0.1, 0.15) is 39.3 Å². The molecule has 8 nitrogen and oxygen atoms in total. The number of thiophene rings is 1. The predicted molar refractivity (Wildman–Crippen MR) is 114 cm³/mol. The number of esters is 1. The smallest absolute Gasteiger partial charge is 0.341 e. The quantitative estimate of drug-likeness (QED) is 0.491. The van der Waals surface area contributed by atoms with E-state index in [4.69, 9.17) is 4.74 Å². The fourth-order valence-corrected chi connectivity index (χ4v) is 4.06. The Labute approximate surface area is 176 Å². The fourth-order valence-electron chi connectivity index (χ4n) is 3.01. The second-order valence-electron chi connectivity index (χ2n) is 6.58. The second-order valence-corrected chi connectivity index (χ2v) is 7.63. The van der Waals surface area contributed by atoms with Crippen LogP contribution in [0.4, 0.5) is 5.00 Å². The molecule has 0 spiro atoms. The maximum atomic E-state index is 12.8. The summed E-state index contributed by atoms with van der Waals surface area (Å²) in [6.45, 7) is 5.69. The summed E-state index contributed by atoms with van der Waals surface area (Å²) in [5.74, 6) is -0.702. The lowest BCUT2D eigenvalue weighted by atomic mass is 10.1. The van der Waals surface area contributed by atoms with Gasteiger partial charge in [-0.1, -0.05) is 30.3 Å². The molecule has 0 fully saturated rings. The number of nitrogens with zero attached hydrogens (tertiary/aromatic N) is 4. The van der Waals surface area contributed by atoms with Crippen molar-refractivity contribution in [3.63, 3.8) is 0 Å². The van der Waals surface area contributed by atoms with Crippen molar-refractivity contribution in [2.24, 2.45) is 0 Å². The number of nitrogens with one attached hydrogen (secondary N) is 1. The van der Waals surface area contributed by atoms with Gasteiger partial charge in [0.05, 0.1) is 12.2 Å². The summed E-state index contributed by atoms with van der Waals surface area (Å²) in [6.07, 6.45) is 0. The number of hydrogen-bond acceptors (Lipinski definition) is 7. The molecule has 4 rings (SSSR count).